The molecule has 5 nitrogen and oxygen atoms in total. The fourth-order valence-corrected chi connectivity index (χ4v) is 3.52. The van der Waals surface area contributed by atoms with Crippen LogP contribution in [-0.4, -0.2) is 59.0 Å². The number of carbonyl (C=O) groups excluding carboxylic acids is 1. The normalized spacial score (nSPS) is 25.7. The topological polar surface area (TPSA) is 60.9 Å². The van der Waals surface area contributed by atoms with E-state index in [0.717, 1.165) is 12.8 Å². The van der Waals surface area contributed by atoms with Crippen molar-refractivity contribution in [2.75, 3.05) is 20.1 Å². The summed E-state index contributed by atoms with van der Waals surface area (Å²) in [6, 6.07) is 7.43. The van der Waals surface area contributed by atoms with Crippen LogP contribution in [0.3, 0.4) is 0 Å². The first kappa shape index (κ1) is 14.1. The maximum Gasteiger partial charge on any atom is 0.336 e. The quantitative estimate of drug-likeness (QED) is 0.899. The van der Waals surface area contributed by atoms with Crippen LogP contribution in [0.25, 0.3) is 0 Å². The maximum atomic E-state index is 12.7. The second kappa shape index (κ2) is 5.48. The summed E-state index contributed by atoms with van der Waals surface area (Å²) in [5, 5.41) is 9.24. The standard InChI is InChI=1S/C16H20N2O3/c1-17-11-6-7-12(17)10-18(9-8-11)15(19)13-4-2-3-5-14(13)16(20)21/h2-5,11-12H,6-10H2,1H3,(H,20,21). The lowest BCUT2D eigenvalue weighted by atomic mass is 10.0. The van der Waals surface area contributed by atoms with Gasteiger partial charge in [-0.15, -0.1) is 0 Å². The van der Waals surface area contributed by atoms with Crippen molar-refractivity contribution in [1.29, 1.82) is 0 Å². The molecule has 2 bridgehead atoms. The Balaban J connectivity index is 1.84. The van der Waals surface area contributed by atoms with Gasteiger partial charge in [0, 0.05) is 25.2 Å². The van der Waals surface area contributed by atoms with Gasteiger partial charge in [0.05, 0.1) is 11.1 Å². The van der Waals surface area contributed by atoms with Gasteiger partial charge in [0.2, 0.25) is 0 Å². The maximum absolute atomic E-state index is 12.7. The monoisotopic (exact) mass is 288 g/mol. The van der Waals surface area contributed by atoms with Crippen molar-refractivity contribution in [2.24, 2.45) is 0 Å². The Morgan fingerprint density at radius 2 is 1.76 bits per heavy atom. The lowest BCUT2D eigenvalue weighted by Crippen LogP contribution is -2.40. The fourth-order valence-electron chi connectivity index (χ4n) is 3.52. The highest BCUT2D eigenvalue weighted by molar-refractivity contribution is 6.04. The van der Waals surface area contributed by atoms with Crippen molar-refractivity contribution in [3.05, 3.63) is 35.4 Å². The van der Waals surface area contributed by atoms with Crippen molar-refractivity contribution < 1.29 is 14.7 Å². The molecular formula is C16H20N2O3. The van der Waals surface area contributed by atoms with Crippen LogP contribution in [0, 0.1) is 0 Å². The number of carboxylic acid groups (broad SMARTS) is 1. The third kappa shape index (κ3) is 2.53. The molecule has 2 atom stereocenters. The molecule has 2 saturated heterocycles. The van der Waals surface area contributed by atoms with E-state index in [9.17, 15) is 14.7 Å². The number of aromatic carboxylic acids is 1. The second-order valence-corrected chi connectivity index (χ2v) is 5.94. The first-order valence-corrected chi connectivity index (χ1v) is 7.41. The molecule has 1 N–H and O–H groups in total. The van der Waals surface area contributed by atoms with Crippen LogP contribution in [0.1, 0.15) is 40.0 Å². The molecule has 5 heteroatoms. The summed E-state index contributed by atoms with van der Waals surface area (Å²) >= 11 is 0. The molecule has 0 aromatic heterocycles. The number of likely N-dealkylation sites (tertiary alicyclic amines) is 1. The van der Waals surface area contributed by atoms with E-state index < -0.39 is 5.97 Å². The van der Waals surface area contributed by atoms with Crippen molar-refractivity contribution >= 4 is 11.9 Å². The number of benzene rings is 1. The van der Waals surface area contributed by atoms with Gasteiger partial charge < -0.3 is 10.0 Å². The van der Waals surface area contributed by atoms with Gasteiger partial charge in [-0.3, -0.25) is 9.69 Å². The van der Waals surface area contributed by atoms with Gasteiger partial charge in [-0.05, 0) is 38.4 Å². The molecule has 2 aliphatic rings. The van der Waals surface area contributed by atoms with Gasteiger partial charge in [-0.1, -0.05) is 12.1 Å². The molecule has 0 radical (unpaired) electrons. The number of carboxylic acids is 1. The van der Waals surface area contributed by atoms with Crippen LogP contribution in [0.4, 0.5) is 0 Å². The fraction of sp³-hybridized carbons (Fsp3) is 0.500. The summed E-state index contributed by atoms with van der Waals surface area (Å²) in [6.07, 6.45) is 3.29. The van der Waals surface area contributed by atoms with Gasteiger partial charge in [0.15, 0.2) is 0 Å². The highest BCUT2D eigenvalue weighted by atomic mass is 16.4. The highest BCUT2D eigenvalue weighted by Gasteiger charge is 2.36. The Kier molecular flexibility index (Phi) is 3.68. The largest absolute Gasteiger partial charge is 0.478 e. The molecule has 0 saturated carbocycles. The van der Waals surface area contributed by atoms with Crippen LogP contribution >= 0.6 is 0 Å². The summed E-state index contributed by atoms with van der Waals surface area (Å²) in [5.41, 5.74) is 0.385. The molecule has 112 valence electrons. The average Bonchev–Trinajstić information content (AvgIpc) is 2.71. The first-order valence-electron chi connectivity index (χ1n) is 7.41. The van der Waals surface area contributed by atoms with Crippen LogP contribution in [-0.2, 0) is 0 Å². The molecule has 1 amide bonds. The van der Waals surface area contributed by atoms with E-state index in [1.165, 1.54) is 12.5 Å². The van der Waals surface area contributed by atoms with Crippen molar-refractivity contribution in [3.63, 3.8) is 0 Å². The van der Waals surface area contributed by atoms with Gasteiger partial charge in [0.1, 0.15) is 0 Å². The predicted octanol–water partition coefficient (Wildman–Crippen LogP) is 1.69. The third-order valence-electron chi connectivity index (χ3n) is 4.82. The minimum atomic E-state index is -1.05. The smallest absolute Gasteiger partial charge is 0.336 e. The van der Waals surface area contributed by atoms with E-state index >= 15 is 0 Å². The summed E-state index contributed by atoms with van der Waals surface area (Å²) in [6.45, 7) is 1.40. The van der Waals surface area contributed by atoms with E-state index in [1.807, 2.05) is 4.90 Å². The molecule has 21 heavy (non-hydrogen) atoms. The molecule has 0 spiro atoms. The first-order chi connectivity index (χ1) is 10.1. The summed E-state index contributed by atoms with van der Waals surface area (Å²) < 4.78 is 0. The number of nitrogens with zero attached hydrogens (tertiary/aromatic N) is 2. The van der Waals surface area contributed by atoms with E-state index in [2.05, 4.69) is 11.9 Å². The number of likely N-dealkylation sites (N-methyl/N-ethyl adjacent to an activating group) is 1. The van der Waals surface area contributed by atoms with Crippen molar-refractivity contribution in [2.45, 2.75) is 31.3 Å². The minimum Gasteiger partial charge on any atom is -0.478 e. The van der Waals surface area contributed by atoms with Gasteiger partial charge in [0.25, 0.3) is 5.91 Å². The van der Waals surface area contributed by atoms with E-state index in [4.69, 9.17) is 0 Å². The number of rotatable bonds is 2. The molecule has 1 aromatic carbocycles. The van der Waals surface area contributed by atoms with Crippen LogP contribution in [0.15, 0.2) is 24.3 Å². The summed E-state index contributed by atoms with van der Waals surface area (Å²) in [4.78, 5) is 28.2. The van der Waals surface area contributed by atoms with E-state index in [-0.39, 0.29) is 11.5 Å². The molecule has 2 aliphatic heterocycles. The Hall–Kier alpha value is -1.88. The van der Waals surface area contributed by atoms with Crippen LogP contribution < -0.4 is 0 Å². The minimum absolute atomic E-state index is 0.0882. The van der Waals surface area contributed by atoms with E-state index in [1.54, 1.807) is 18.2 Å². The molecule has 3 rings (SSSR count). The number of hydrogen-bond acceptors (Lipinski definition) is 3. The van der Waals surface area contributed by atoms with Gasteiger partial charge >= 0.3 is 5.97 Å². The van der Waals surface area contributed by atoms with E-state index in [0.29, 0.717) is 30.7 Å². The Bertz CT molecular complexity index is 572. The second-order valence-electron chi connectivity index (χ2n) is 5.94. The molecule has 1 aromatic rings. The lowest BCUT2D eigenvalue weighted by Gasteiger charge is -2.26. The predicted molar refractivity (Wildman–Crippen MR) is 78.5 cm³/mol. The van der Waals surface area contributed by atoms with Gasteiger partial charge in [-0.25, -0.2) is 4.79 Å². The zero-order chi connectivity index (χ0) is 15.0. The molecule has 2 heterocycles. The molecule has 2 unspecified atom stereocenters. The van der Waals surface area contributed by atoms with Crippen molar-refractivity contribution in [1.82, 2.24) is 9.80 Å². The zero-order valence-corrected chi connectivity index (χ0v) is 12.2. The third-order valence-corrected chi connectivity index (χ3v) is 4.82. The number of hydrogen-bond donors (Lipinski definition) is 1. The number of fused-ring (bicyclic) bond motifs is 2. The van der Waals surface area contributed by atoms with Crippen molar-refractivity contribution in [3.8, 4) is 0 Å². The Morgan fingerprint density at radius 1 is 1.10 bits per heavy atom. The average molecular weight is 288 g/mol. The summed E-state index contributed by atoms with van der Waals surface area (Å²) in [7, 11) is 2.13. The van der Waals surface area contributed by atoms with Gasteiger partial charge in [-0.2, -0.15) is 0 Å². The molecule has 0 aliphatic carbocycles. The summed E-state index contributed by atoms with van der Waals surface area (Å²) in [5.74, 6) is -1.21. The zero-order valence-electron chi connectivity index (χ0n) is 12.2. The Labute approximate surface area is 124 Å². The van der Waals surface area contributed by atoms with Crippen LogP contribution in [0.2, 0.25) is 0 Å². The highest BCUT2D eigenvalue weighted by Crippen LogP contribution is 2.29. The number of carbonyl (C=O) groups is 2. The molecule has 2 fully saturated rings. The SMILES string of the molecule is CN1C2CCC1CN(C(=O)c1ccccc1C(=O)O)CC2. The lowest BCUT2D eigenvalue weighted by molar-refractivity contribution is 0.0671. The van der Waals surface area contributed by atoms with Crippen LogP contribution in [0.5, 0.6) is 0 Å². The molecular weight excluding hydrogens is 268 g/mol. The Morgan fingerprint density at radius 3 is 2.48 bits per heavy atom. The number of amides is 1.